The molecule has 0 aliphatic carbocycles. The second kappa shape index (κ2) is 5.29. The first-order valence-electron chi connectivity index (χ1n) is 3.59. The van der Waals surface area contributed by atoms with Crippen LogP contribution in [-0.2, 0) is 6.42 Å². The van der Waals surface area contributed by atoms with Gasteiger partial charge >= 0.3 is 18.9 Å². The summed E-state index contributed by atoms with van der Waals surface area (Å²) >= 11 is 0. The van der Waals surface area contributed by atoms with Crippen molar-refractivity contribution < 1.29 is 24.0 Å². The zero-order valence-corrected chi connectivity index (χ0v) is 7.13. The van der Waals surface area contributed by atoms with Gasteiger partial charge in [0.1, 0.15) is 0 Å². The van der Waals surface area contributed by atoms with E-state index >= 15 is 0 Å². The molecule has 0 fully saturated rings. The molecule has 1 rings (SSSR count). The fraction of sp³-hybridized carbons (Fsp3) is 0.333. The van der Waals surface area contributed by atoms with Crippen molar-refractivity contribution in [2.45, 2.75) is 19.8 Å². The Balaban J connectivity index is 0.000001000. The maximum Gasteiger partial charge on any atom is 1.00 e. The molecule has 1 aromatic rings. The molecule has 0 amide bonds. The molecular weight excluding hydrogens is 131 g/mol. The summed E-state index contributed by atoms with van der Waals surface area (Å²) < 4.78 is 0. The van der Waals surface area contributed by atoms with Gasteiger partial charge in [0.05, 0.1) is 0 Å². The molecule has 0 heterocycles. The second-order valence-corrected chi connectivity index (χ2v) is 2.36. The molecule has 0 aromatic heterocycles. The summed E-state index contributed by atoms with van der Waals surface area (Å²) in [6.07, 6.45) is 1.94. The predicted octanol–water partition coefficient (Wildman–Crippen LogP) is -1.28. The fourth-order valence-electron chi connectivity index (χ4n) is 0.980. The van der Waals surface area contributed by atoms with Gasteiger partial charge < -0.3 is 5.11 Å². The molecule has 0 aliphatic heterocycles. The molecule has 0 radical (unpaired) electrons. The summed E-state index contributed by atoms with van der Waals surface area (Å²) in [4.78, 5) is 0. The summed E-state index contributed by atoms with van der Waals surface area (Å²) in [5.41, 5.74) is 0.935. The van der Waals surface area contributed by atoms with Crippen molar-refractivity contribution in [2.75, 3.05) is 0 Å². The Hall–Kier alpha value is -0.383. The third-order valence-electron chi connectivity index (χ3n) is 1.49. The predicted molar refractivity (Wildman–Crippen MR) is 39.9 cm³/mol. The topological polar surface area (TPSA) is 23.1 Å². The van der Waals surface area contributed by atoms with Crippen LogP contribution in [0.15, 0.2) is 24.3 Å². The summed E-state index contributed by atoms with van der Waals surface area (Å²) in [6.45, 7) is 2.08. The SMILES string of the molecule is CCCc1ccccc1[O-].[Li+]. The molecule has 0 bridgehead atoms. The van der Waals surface area contributed by atoms with Crippen LogP contribution >= 0.6 is 0 Å². The first-order valence-corrected chi connectivity index (χ1v) is 3.59. The van der Waals surface area contributed by atoms with Crippen molar-refractivity contribution in [3.63, 3.8) is 0 Å². The van der Waals surface area contributed by atoms with Crippen molar-refractivity contribution in [2.24, 2.45) is 0 Å². The minimum Gasteiger partial charge on any atom is -0.872 e. The van der Waals surface area contributed by atoms with Gasteiger partial charge in [-0.25, -0.2) is 0 Å². The molecule has 0 spiro atoms. The minimum absolute atomic E-state index is 0. The molecule has 1 aromatic carbocycles. The monoisotopic (exact) mass is 142 g/mol. The molecule has 54 valence electrons. The van der Waals surface area contributed by atoms with Crippen LogP contribution in [0.4, 0.5) is 0 Å². The van der Waals surface area contributed by atoms with Crippen molar-refractivity contribution in [1.29, 1.82) is 0 Å². The van der Waals surface area contributed by atoms with E-state index in [-0.39, 0.29) is 24.6 Å². The molecule has 0 N–H and O–H groups in total. The summed E-state index contributed by atoms with van der Waals surface area (Å²) in [5, 5.41) is 11.0. The molecule has 0 aliphatic rings. The van der Waals surface area contributed by atoms with E-state index in [1.54, 1.807) is 12.1 Å². The third kappa shape index (κ3) is 3.01. The zero-order valence-electron chi connectivity index (χ0n) is 7.13. The van der Waals surface area contributed by atoms with E-state index in [0.717, 1.165) is 18.4 Å². The van der Waals surface area contributed by atoms with Crippen molar-refractivity contribution in [3.8, 4) is 5.75 Å². The second-order valence-electron chi connectivity index (χ2n) is 2.36. The van der Waals surface area contributed by atoms with Crippen LogP contribution in [0.3, 0.4) is 0 Å². The summed E-state index contributed by atoms with van der Waals surface area (Å²) in [7, 11) is 0. The molecule has 0 unspecified atom stereocenters. The third-order valence-corrected chi connectivity index (χ3v) is 1.49. The normalized spacial score (nSPS) is 8.82. The van der Waals surface area contributed by atoms with Gasteiger partial charge in [-0.15, -0.1) is 5.75 Å². The molecule has 2 heteroatoms. The van der Waals surface area contributed by atoms with Crippen molar-refractivity contribution in [3.05, 3.63) is 29.8 Å². The number of benzene rings is 1. The van der Waals surface area contributed by atoms with Crippen LogP contribution in [0.25, 0.3) is 0 Å². The Labute approximate surface area is 79.6 Å². The molecule has 1 nitrogen and oxygen atoms in total. The van der Waals surface area contributed by atoms with E-state index in [2.05, 4.69) is 6.92 Å². The van der Waals surface area contributed by atoms with E-state index in [0.29, 0.717) is 0 Å². The van der Waals surface area contributed by atoms with Crippen LogP contribution in [0.5, 0.6) is 5.75 Å². The Morgan fingerprint density at radius 2 is 1.91 bits per heavy atom. The van der Waals surface area contributed by atoms with Crippen LogP contribution in [-0.4, -0.2) is 0 Å². The van der Waals surface area contributed by atoms with Gasteiger partial charge in [0.15, 0.2) is 0 Å². The summed E-state index contributed by atoms with van der Waals surface area (Å²) in [5.74, 6) is 0.171. The van der Waals surface area contributed by atoms with E-state index in [9.17, 15) is 5.11 Å². The van der Waals surface area contributed by atoms with Gasteiger partial charge in [-0.05, 0) is 6.42 Å². The first-order chi connectivity index (χ1) is 4.84. The maximum absolute atomic E-state index is 11.0. The Morgan fingerprint density at radius 1 is 1.27 bits per heavy atom. The minimum atomic E-state index is 0. The molecule has 0 saturated heterocycles. The first kappa shape index (κ1) is 10.6. The average Bonchev–Trinajstić information content (AvgIpc) is 1.94. The standard InChI is InChI=1S/C9H12O.Li/c1-2-5-8-6-3-4-7-9(8)10;/h3-4,6-7,10H,2,5H2,1H3;/q;+1/p-1. The van der Waals surface area contributed by atoms with Gasteiger partial charge in [-0.3, -0.25) is 0 Å². The largest absolute Gasteiger partial charge is 1.00 e. The van der Waals surface area contributed by atoms with Crippen LogP contribution in [0.1, 0.15) is 18.9 Å². The quantitative estimate of drug-likeness (QED) is 0.471. The summed E-state index contributed by atoms with van der Waals surface area (Å²) in [6, 6.07) is 7.20. The number of hydrogen-bond acceptors (Lipinski definition) is 1. The zero-order chi connectivity index (χ0) is 7.40. The van der Waals surface area contributed by atoms with Gasteiger partial charge in [0.25, 0.3) is 0 Å². The van der Waals surface area contributed by atoms with Crippen LogP contribution < -0.4 is 24.0 Å². The number of rotatable bonds is 2. The number of para-hydroxylation sites is 1. The Morgan fingerprint density at radius 3 is 2.45 bits per heavy atom. The van der Waals surface area contributed by atoms with E-state index < -0.39 is 0 Å². The van der Waals surface area contributed by atoms with Crippen molar-refractivity contribution >= 4 is 0 Å². The Kier molecular flexibility index (Phi) is 5.11. The number of hydrogen-bond donors (Lipinski definition) is 0. The van der Waals surface area contributed by atoms with E-state index in [1.165, 1.54) is 0 Å². The van der Waals surface area contributed by atoms with Crippen LogP contribution in [0.2, 0.25) is 0 Å². The van der Waals surface area contributed by atoms with Gasteiger partial charge in [0.2, 0.25) is 0 Å². The van der Waals surface area contributed by atoms with Gasteiger partial charge in [-0.2, -0.15) is 0 Å². The maximum atomic E-state index is 11.0. The Bertz CT molecular complexity index is 210. The average molecular weight is 142 g/mol. The smallest absolute Gasteiger partial charge is 0.872 e. The molecule has 0 saturated carbocycles. The van der Waals surface area contributed by atoms with E-state index in [4.69, 9.17) is 0 Å². The number of aryl methyl sites for hydroxylation is 1. The molecular formula is C9H11LiO. The van der Waals surface area contributed by atoms with Gasteiger partial charge in [-0.1, -0.05) is 43.2 Å². The van der Waals surface area contributed by atoms with Crippen molar-refractivity contribution in [1.82, 2.24) is 0 Å². The van der Waals surface area contributed by atoms with E-state index in [1.807, 2.05) is 12.1 Å². The molecule has 11 heavy (non-hydrogen) atoms. The molecule has 0 atom stereocenters. The fourth-order valence-corrected chi connectivity index (χ4v) is 0.980. The van der Waals surface area contributed by atoms with Crippen LogP contribution in [0, 0.1) is 0 Å². The van der Waals surface area contributed by atoms with Gasteiger partial charge in [0, 0.05) is 0 Å².